The van der Waals surface area contributed by atoms with Gasteiger partial charge in [0.05, 0.1) is 5.92 Å². The highest BCUT2D eigenvalue weighted by Gasteiger charge is 2.41. The number of likely N-dealkylation sites (tertiary alicyclic amines) is 1. The zero-order chi connectivity index (χ0) is 14.9. The molecule has 1 aromatic carbocycles. The van der Waals surface area contributed by atoms with Crippen LogP contribution < -0.4 is 0 Å². The molecule has 1 aliphatic heterocycles. The van der Waals surface area contributed by atoms with Crippen molar-refractivity contribution >= 4 is 15.9 Å². The lowest BCUT2D eigenvalue weighted by molar-refractivity contribution is -0.185. The van der Waals surface area contributed by atoms with Crippen LogP contribution in [0.4, 0.5) is 13.2 Å². The summed E-state index contributed by atoms with van der Waals surface area (Å²) in [7, 11) is 0. The van der Waals surface area contributed by atoms with Crippen molar-refractivity contribution in [2.75, 3.05) is 13.1 Å². The van der Waals surface area contributed by atoms with E-state index in [9.17, 15) is 18.3 Å². The SMILES string of the molecule is Cc1cc(Br)cc(CN2CCC(C(F)(F)F)CC2)c1O. The van der Waals surface area contributed by atoms with E-state index in [1.54, 1.807) is 6.92 Å². The number of phenolic OH excluding ortho intramolecular Hbond substituents is 1. The summed E-state index contributed by atoms with van der Waals surface area (Å²) in [6.45, 7) is 3.11. The second-order valence-corrected chi connectivity index (χ2v) is 6.24. The topological polar surface area (TPSA) is 23.5 Å². The van der Waals surface area contributed by atoms with E-state index in [-0.39, 0.29) is 18.6 Å². The highest BCUT2D eigenvalue weighted by atomic mass is 79.9. The fraction of sp³-hybridized carbons (Fsp3) is 0.571. The quantitative estimate of drug-likeness (QED) is 0.861. The normalized spacial score (nSPS) is 18.4. The Morgan fingerprint density at radius 2 is 1.90 bits per heavy atom. The van der Waals surface area contributed by atoms with Crippen molar-refractivity contribution in [2.24, 2.45) is 5.92 Å². The molecule has 0 saturated carbocycles. The van der Waals surface area contributed by atoms with Crippen LogP contribution in [0, 0.1) is 12.8 Å². The Balaban J connectivity index is 2.00. The third kappa shape index (κ3) is 3.67. The lowest BCUT2D eigenvalue weighted by Crippen LogP contribution is -2.38. The van der Waals surface area contributed by atoms with E-state index in [1.165, 1.54) is 0 Å². The summed E-state index contributed by atoms with van der Waals surface area (Å²) >= 11 is 3.37. The molecule has 0 atom stereocenters. The zero-order valence-corrected chi connectivity index (χ0v) is 12.8. The summed E-state index contributed by atoms with van der Waals surface area (Å²) in [6, 6.07) is 3.63. The van der Waals surface area contributed by atoms with E-state index in [1.807, 2.05) is 17.0 Å². The Bertz CT molecular complexity index is 482. The number of hydrogen-bond acceptors (Lipinski definition) is 2. The van der Waals surface area contributed by atoms with Gasteiger partial charge >= 0.3 is 6.18 Å². The number of piperidine rings is 1. The number of hydrogen-bond donors (Lipinski definition) is 1. The summed E-state index contributed by atoms with van der Waals surface area (Å²) in [5.41, 5.74) is 1.52. The van der Waals surface area contributed by atoms with Gasteiger partial charge in [0.15, 0.2) is 0 Å². The number of benzene rings is 1. The standard InChI is InChI=1S/C14H17BrF3NO/c1-9-6-12(15)7-10(13(9)20)8-19-4-2-11(3-5-19)14(16,17)18/h6-7,11,20H,2-5,8H2,1H3. The van der Waals surface area contributed by atoms with Crippen LogP contribution >= 0.6 is 15.9 Å². The third-order valence-electron chi connectivity index (χ3n) is 3.79. The molecule has 1 saturated heterocycles. The van der Waals surface area contributed by atoms with Gasteiger partial charge in [-0.2, -0.15) is 13.2 Å². The summed E-state index contributed by atoms with van der Waals surface area (Å²) < 4.78 is 38.7. The lowest BCUT2D eigenvalue weighted by Gasteiger charge is -2.33. The van der Waals surface area contributed by atoms with Crippen LogP contribution in [0.3, 0.4) is 0 Å². The van der Waals surface area contributed by atoms with Gasteiger partial charge in [-0.3, -0.25) is 4.90 Å². The van der Waals surface area contributed by atoms with E-state index < -0.39 is 12.1 Å². The van der Waals surface area contributed by atoms with Gasteiger partial charge in [-0.05, 0) is 50.6 Å². The van der Waals surface area contributed by atoms with Gasteiger partial charge < -0.3 is 5.11 Å². The van der Waals surface area contributed by atoms with Crippen LogP contribution in [0.5, 0.6) is 5.75 Å². The highest BCUT2D eigenvalue weighted by molar-refractivity contribution is 9.10. The number of phenols is 1. The second-order valence-electron chi connectivity index (χ2n) is 5.32. The number of nitrogens with zero attached hydrogens (tertiary/aromatic N) is 1. The van der Waals surface area contributed by atoms with Crippen molar-refractivity contribution in [1.29, 1.82) is 0 Å². The predicted molar refractivity (Wildman–Crippen MR) is 74.6 cm³/mol. The second kappa shape index (κ2) is 5.93. The average molecular weight is 352 g/mol. The minimum absolute atomic E-state index is 0.136. The molecule has 0 bridgehead atoms. The van der Waals surface area contributed by atoms with Gasteiger partial charge in [0.25, 0.3) is 0 Å². The fourth-order valence-electron chi connectivity index (χ4n) is 2.58. The maximum absolute atomic E-state index is 12.6. The Kier molecular flexibility index (Phi) is 4.64. The molecule has 0 aromatic heterocycles. The fourth-order valence-corrected chi connectivity index (χ4v) is 3.20. The molecule has 0 aliphatic carbocycles. The molecule has 1 aromatic rings. The van der Waals surface area contributed by atoms with Gasteiger partial charge in [0.2, 0.25) is 0 Å². The molecule has 0 amide bonds. The predicted octanol–water partition coefficient (Wildman–Crippen LogP) is 4.24. The van der Waals surface area contributed by atoms with Crippen LogP contribution in [0.2, 0.25) is 0 Å². The van der Waals surface area contributed by atoms with Crippen LogP contribution in [-0.2, 0) is 6.54 Å². The molecule has 1 aliphatic rings. The first-order valence-corrected chi connectivity index (χ1v) is 7.33. The van der Waals surface area contributed by atoms with Crippen LogP contribution in [0.15, 0.2) is 16.6 Å². The molecule has 2 nitrogen and oxygen atoms in total. The Labute approximate surface area is 124 Å². The van der Waals surface area contributed by atoms with Crippen molar-refractivity contribution in [1.82, 2.24) is 4.90 Å². The van der Waals surface area contributed by atoms with Gasteiger partial charge in [-0.25, -0.2) is 0 Å². The number of rotatable bonds is 2. The first-order chi connectivity index (χ1) is 9.27. The van der Waals surface area contributed by atoms with E-state index in [4.69, 9.17) is 0 Å². The molecule has 112 valence electrons. The van der Waals surface area contributed by atoms with Gasteiger partial charge in [-0.1, -0.05) is 15.9 Å². The monoisotopic (exact) mass is 351 g/mol. The van der Waals surface area contributed by atoms with E-state index >= 15 is 0 Å². The van der Waals surface area contributed by atoms with Crippen molar-refractivity contribution in [2.45, 2.75) is 32.5 Å². The van der Waals surface area contributed by atoms with Gasteiger partial charge in [0.1, 0.15) is 5.75 Å². The first-order valence-electron chi connectivity index (χ1n) is 6.54. The van der Waals surface area contributed by atoms with Crippen molar-refractivity contribution < 1.29 is 18.3 Å². The Morgan fingerprint density at radius 3 is 2.45 bits per heavy atom. The lowest BCUT2D eigenvalue weighted by atomic mass is 9.96. The van der Waals surface area contributed by atoms with Gasteiger partial charge in [0, 0.05) is 16.6 Å². The molecule has 0 spiro atoms. The Morgan fingerprint density at radius 1 is 1.30 bits per heavy atom. The number of alkyl halides is 3. The smallest absolute Gasteiger partial charge is 0.391 e. The molecular formula is C14H17BrF3NO. The molecule has 20 heavy (non-hydrogen) atoms. The summed E-state index contributed by atoms with van der Waals surface area (Å²) in [6.07, 6.45) is -3.81. The minimum atomic E-state index is -4.08. The molecule has 0 radical (unpaired) electrons. The van der Waals surface area contributed by atoms with Gasteiger partial charge in [-0.15, -0.1) is 0 Å². The first kappa shape index (κ1) is 15.6. The van der Waals surface area contributed by atoms with Crippen LogP contribution in [0.25, 0.3) is 0 Å². The number of halogens is 4. The average Bonchev–Trinajstić information content (AvgIpc) is 2.35. The number of aromatic hydroxyl groups is 1. The molecule has 1 fully saturated rings. The Hall–Kier alpha value is -0.750. The zero-order valence-electron chi connectivity index (χ0n) is 11.2. The van der Waals surface area contributed by atoms with Crippen LogP contribution in [0.1, 0.15) is 24.0 Å². The molecule has 1 N–H and O–H groups in total. The van der Waals surface area contributed by atoms with Crippen molar-refractivity contribution in [3.05, 3.63) is 27.7 Å². The summed E-state index contributed by atoms with van der Waals surface area (Å²) in [5.74, 6) is -0.956. The van der Waals surface area contributed by atoms with Crippen molar-refractivity contribution in [3.63, 3.8) is 0 Å². The minimum Gasteiger partial charge on any atom is -0.507 e. The summed E-state index contributed by atoms with van der Waals surface area (Å²) in [4.78, 5) is 1.96. The summed E-state index contributed by atoms with van der Waals surface area (Å²) in [5, 5.41) is 10.0. The molecule has 1 heterocycles. The van der Waals surface area contributed by atoms with E-state index in [0.717, 1.165) is 15.6 Å². The largest absolute Gasteiger partial charge is 0.507 e. The van der Waals surface area contributed by atoms with E-state index in [2.05, 4.69) is 15.9 Å². The molecule has 6 heteroatoms. The third-order valence-corrected chi connectivity index (χ3v) is 4.25. The maximum Gasteiger partial charge on any atom is 0.391 e. The number of aryl methyl sites for hydroxylation is 1. The highest BCUT2D eigenvalue weighted by Crippen LogP contribution is 2.35. The van der Waals surface area contributed by atoms with Crippen molar-refractivity contribution in [3.8, 4) is 5.75 Å². The van der Waals surface area contributed by atoms with Crippen LogP contribution in [-0.4, -0.2) is 29.3 Å². The molecular weight excluding hydrogens is 335 g/mol. The molecule has 2 rings (SSSR count). The van der Waals surface area contributed by atoms with E-state index in [0.29, 0.717) is 19.6 Å². The molecule has 0 unspecified atom stereocenters. The maximum atomic E-state index is 12.6.